The highest BCUT2D eigenvalue weighted by molar-refractivity contribution is 5.82. The average molecular weight is 323 g/mol. The molecule has 0 aliphatic heterocycles. The lowest BCUT2D eigenvalue weighted by atomic mass is 9.98. The van der Waals surface area contributed by atoms with Gasteiger partial charge in [-0.3, -0.25) is 4.79 Å². The smallest absolute Gasteiger partial charge is 0.330 e. The van der Waals surface area contributed by atoms with Crippen molar-refractivity contribution < 1.29 is 14.3 Å². The van der Waals surface area contributed by atoms with Crippen molar-refractivity contribution in [3.63, 3.8) is 0 Å². The van der Waals surface area contributed by atoms with Gasteiger partial charge in [0.05, 0.1) is 6.61 Å². The number of hydrogen-bond donors (Lipinski definition) is 1. The maximum atomic E-state index is 11.7. The summed E-state index contributed by atoms with van der Waals surface area (Å²) in [6.07, 6.45) is 12.4. The van der Waals surface area contributed by atoms with Crippen LogP contribution >= 0.6 is 0 Å². The maximum absolute atomic E-state index is 11.7. The van der Waals surface area contributed by atoms with E-state index >= 15 is 0 Å². The molecule has 0 aliphatic carbocycles. The van der Waals surface area contributed by atoms with Crippen molar-refractivity contribution in [3.8, 4) is 0 Å². The molecule has 4 nitrogen and oxygen atoms in total. The van der Waals surface area contributed by atoms with Crippen molar-refractivity contribution >= 4 is 11.9 Å². The molecule has 0 rings (SSSR count). The molecule has 0 spiro atoms. The van der Waals surface area contributed by atoms with E-state index in [9.17, 15) is 9.59 Å². The van der Waals surface area contributed by atoms with Gasteiger partial charge in [-0.1, -0.05) is 57.8 Å². The molecule has 1 N–H and O–H groups in total. The SMILES string of the molecule is CCCCC/C=C(/C=C/C(=O)OCCCC)CC(C)C(=O)NC. The fraction of sp³-hybridized carbons (Fsp3) is 0.684. The van der Waals surface area contributed by atoms with Crippen LogP contribution in [0.15, 0.2) is 23.8 Å². The number of unbranched alkanes of at least 4 members (excludes halogenated alkanes) is 4. The Morgan fingerprint density at radius 1 is 1.09 bits per heavy atom. The largest absolute Gasteiger partial charge is 0.463 e. The van der Waals surface area contributed by atoms with Crippen molar-refractivity contribution in [2.75, 3.05) is 13.7 Å². The first-order chi connectivity index (χ1) is 11.0. The number of rotatable bonds is 12. The predicted octanol–water partition coefficient (Wildman–Crippen LogP) is 4.16. The zero-order chi connectivity index (χ0) is 17.5. The van der Waals surface area contributed by atoms with Crippen LogP contribution in [0.4, 0.5) is 0 Å². The summed E-state index contributed by atoms with van der Waals surface area (Å²) in [4.78, 5) is 23.3. The van der Waals surface area contributed by atoms with Gasteiger partial charge in [0.2, 0.25) is 5.91 Å². The van der Waals surface area contributed by atoms with Crippen molar-refractivity contribution in [1.29, 1.82) is 0 Å². The van der Waals surface area contributed by atoms with Crippen LogP contribution in [0, 0.1) is 5.92 Å². The first kappa shape index (κ1) is 21.4. The third-order valence-electron chi connectivity index (χ3n) is 3.63. The van der Waals surface area contributed by atoms with E-state index in [1.165, 1.54) is 18.9 Å². The summed E-state index contributed by atoms with van der Waals surface area (Å²) in [6.45, 7) is 6.58. The molecular weight excluding hydrogens is 290 g/mol. The summed E-state index contributed by atoms with van der Waals surface area (Å²) in [5, 5.41) is 2.66. The monoisotopic (exact) mass is 323 g/mol. The Morgan fingerprint density at radius 2 is 1.78 bits per heavy atom. The van der Waals surface area contributed by atoms with Crippen LogP contribution in [0.1, 0.15) is 65.7 Å². The molecule has 0 radical (unpaired) electrons. The number of nitrogens with one attached hydrogen (secondary N) is 1. The molecule has 0 heterocycles. The number of esters is 1. The van der Waals surface area contributed by atoms with E-state index in [0.717, 1.165) is 31.3 Å². The van der Waals surface area contributed by atoms with Gasteiger partial charge < -0.3 is 10.1 Å². The van der Waals surface area contributed by atoms with Crippen LogP contribution in [-0.4, -0.2) is 25.5 Å². The highest BCUT2D eigenvalue weighted by Gasteiger charge is 2.12. The third-order valence-corrected chi connectivity index (χ3v) is 3.63. The van der Waals surface area contributed by atoms with Gasteiger partial charge in [0, 0.05) is 19.0 Å². The van der Waals surface area contributed by atoms with E-state index < -0.39 is 0 Å². The summed E-state index contributed by atoms with van der Waals surface area (Å²) in [7, 11) is 1.64. The number of amides is 1. The lowest BCUT2D eigenvalue weighted by molar-refractivity contribution is -0.137. The highest BCUT2D eigenvalue weighted by atomic mass is 16.5. The molecule has 4 heteroatoms. The summed E-state index contributed by atoms with van der Waals surface area (Å²) >= 11 is 0. The lowest BCUT2D eigenvalue weighted by Gasteiger charge is -2.11. The van der Waals surface area contributed by atoms with Gasteiger partial charge in [0.25, 0.3) is 0 Å². The maximum Gasteiger partial charge on any atom is 0.330 e. The van der Waals surface area contributed by atoms with Gasteiger partial charge in [0.15, 0.2) is 0 Å². The van der Waals surface area contributed by atoms with Gasteiger partial charge in [0.1, 0.15) is 0 Å². The minimum atomic E-state index is -0.314. The highest BCUT2D eigenvalue weighted by Crippen LogP contribution is 2.15. The van der Waals surface area contributed by atoms with E-state index in [1.807, 2.05) is 6.92 Å². The molecule has 0 aliphatic rings. The van der Waals surface area contributed by atoms with Crippen molar-refractivity contribution in [1.82, 2.24) is 5.32 Å². The summed E-state index contributed by atoms with van der Waals surface area (Å²) in [5.41, 5.74) is 1.02. The van der Waals surface area contributed by atoms with Gasteiger partial charge in [-0.2, -0.15) is 0 Å². The molecular formula is C19H33NO3. The standard InChI is InChI=1S/C19H33NO3/c1-5-7-9-10-11-17(15-16(3)19(22)20-4)12-13-18(21)23-14-8-6-2/h11-13,16H,5-10,14-15H2,1-4H3,(H,20,22)/b13-12+,17-11-. The molecule has 1 amide bonds. The second kappa shape index (κ2) is 14.0. The molecule has 1 unspecified atom stereocenters. The van der Waals surface area contributed by atoms with Gasteiger partial charge in [-0.25, -0.2) is 4.79 Å². The molecule has 0 fully saturated rings. The first-order valence-corrected chi connectivity index (χ1v) is 8.80. The third kappa shape index (κ3) is 11.6. The lowest BCUT2D eigenvalue weighted by Crippen LogP contribution is -2.25. The number of carbonyl (C=O) groups excluding carboxylic acids is 2. The molecule has 23 heavy (non-hydrogen) atoms. The van der Waals surface area contributed by atoms with Crippen LogP contribution in [0.25, 0.3) is 0 Å². The number of allylic oxidation sites excluding steroid dienone is 3. The number of ether oxygens (including phenoxy) is 1. The Bertz CT molecular complexity index is 399. The van der Waals surface area contributed by atoms with E-state index in [-0.39, 0.29) is 17.8 Å². The summed E-state index contributed by atoms with van der Waals surface area (Å²) < 4.78 is 5.12. The topological polar surface area (TPSA) is 55.4 Å². The Morgan fingerprint density at radius 3 is 2.39 bits per heavy atom. The Balaban J connectivity index is 4.63. The zero-order valence-electron chi connectivity index (χ0n) is 15.2. The normalized spacial score (nSPS) is 13.1. The van der Waals surface area contributed by atoms with Crippen molar-refractivity contribution in [2.45, 2.75) is 65.7 Å². The first-order valence-electron chi connectivity index (χ1n) is 8.80. The second-order valence-corrected chi connectivity index (χ2v) is 5.85. The van der Waals surface area contributed by atoms with E-state index in [2.05, 4.69) is 25.2 Å². The quantitative estimate of drug-likeness (QED) is 0.254. The van der Waals surface area contributed by atoms with Crippen molar-refractivity contribution in [2.24, 2.45) is 5.92 Å². The minimum absolute atomic E-state index is 0.0170. The van der Waals surface area contributed by atoms with Gasteiger partial charge in [-0.15, -0.1) is 0 Å². The predicted molar refractivity (Wildman–Crippen MR) is 95.1 cm³/mol. The average Bonchev–Trinajstić information content (AvgIpc) is 2.55. The minimum Gasteiger partial charge on any atom is -0.463 e. The number of carbonyl (C=O) groups is 2. The van der Waals surface area contributed by atoms with Crippen LogP contribution < -0.4 is 5.32 Å². The molecule has 132 valence electrons. The summed E-state index contributed by atoms with van der Waals surface area (Å²) in [6, 6.07) is 0. The van der Waals surface area contributed by atoms with E-state index in [0.29, 0.717) is 13.0 Å². The van der Waals surface area contributed by atoms with E-state index in [4.69, 9.17) is 4.74 Å². The molecule has 0 aromatic heterocycles. The fourth-order valence-corrected chi connectivity index (χ4v) is 2.13. The van der Waals surface area contributed by atoms with Crippen LogP contribution in [-0.2, 0) is 14.3 Å². The molecule has 0 aromatic rings. The Kier molecular flexibility index (Phi) is 13.1. The Labute approximate surface area is 141 Å². The van der Waals surface area contributed by atoms with Crippen molar-refractivity contribution in [3.05, 3.63) is 23.8 Å². The Hall–Kier alpha value is -1.58. The van der Waals surface area contributed by atoms with Crippen LogP contribution in [0.5, 0.6) is 0 Å². The second-order valence-electron chi connectivity index (χ2n) is 5.85. The van der Waals surface area contributed by atoms with Crippen LogP contribution in [0.3, 0.4) is 0 Å². The number of hydrogen-bond acceptors (Lipinski definition) is 3. The molecule has 0 aromatic carbocycles. The molecule has 0 saturated heterocycles. The molecule has 1 atom stereocenters. The van der Waals surface area contributed by atoms with Crippen LogP contribution in [0.2, 0.25) is 0 Å². The van der Waals surface area contributed by atoms with Gasteiger partial charge in [-0.05, 0) is 25.7 Å². The van der Waals surface area contributed by atoms with E-state index in [1.54, 1.807) is 13.1 Å². The molecule has 0 saturated carbocycles. The molecule has 0 bridgehead atoms. The summed E-state index contributed by atoms with van der Waals surface area (Å²) in [5.74, 6) is -0.410. The van der Waals surface area contributed by atoms with Gasteiger partial charge >= 0.3 is 5.97 Å². The zero-order valence-corrected chi connectivity index (χ0v) is 15.2. The fourth-order valence-electron chi connectivity index (χ4n) is 2.13.